The van der Waals surface area contributed by atoms with Crippen molar-refractivity contribution >= 4 is 17.6 Å². The van der Waals surface area contributed by atoms with E-state index in [0.29, 0.717) is 11.1 Å². The summed E-state index contributed by atoms with van der Waals surface area (Å²) in [5, 5.41) is 0. The van der Waals surface area contributed by atoms with Crippen LogP contribution in [0, 0.1) is 0 Å². The molecule has 0 aliphatic carbocycles. The van der Waals surface area contributed by atoms with Gasteiger partial charge in [-0.3, -0.25) is 0 Å². The van der Waals surface area contributed by atoms with Crippen LogP contribution in [-0.2, 0) is 9.47 Å². The van der Waals surface area contributed by atoms with E-state index < -0.39 is 0 Å². The molecule has 0 atom stereocenters. The minimum atomic E-state index is -0.381. The van der Waals surface area contributed by atoms with Gasteiger partial charge in [-0.15, -0.1) is 0 Å². The van der Waals surface area contributed by atoms with E-state index in [1.165, 1.54) is 14.2 Å². The number of rotatable bonds is 5. The Morgan fingerprint density at radius 1 is 0.657 bits per heavy atom. The van der Waals surface area contributed by atoms with E-state index in [0.717, 1.165) is 39.2 Å². The zero-order valence-corrected chi connectivity index (χ0v) is 19.3. The Labute approximate surface area is 202 Å². The molecule has 0 fully saturated rings. The smallest absolute Gasteiger partial charge is 0.337 e. The first-order chi connectivity index (χ1) is 17.1. The largest absolute Gasteiger partial charge is 0.465 e. The Hall–Kier alpha value is -4.71. The molecule has 0 aliphatic rings. The number of carbonyl (C=O) groups is 2. The van der Waals surface area contributed by atoms with Crippen LogP contribution in [0.1, 0.15) is 20.7 Å². The first-order valence-electron chi connectivity index (χ1n) is 11.0. The molecule has 0 bridgehead atoms. The second-order valence-electron chi connectivity index (χ2n) is 8.00. The van der Waals surface area contributed by atoms with Crippen LogP contribution in [-0.4, -0.2) is 35.5 Å². The van der Waals surface area contributed by atoms with Crippen molar-refractivity contribution in [1.82, 2.24) is 9.38 Å². The number of methoxy groups -OCH3 is 2. The highest BCUT2D eigenvalue weighted by Crippen LogP contribution is 2.32. The summed E-state index contributed by atoms with van der Waals surface area (Å²) < 4.78 is 11.6. The van der Waals surface area contributed by atoms with Gasteiger partial charge in [0.05, 0.1) is 31.0 Å². The van der Waals surface area contributed by atoms with Gasteiger partial charge in [0.1, 0.15) is 5.65 Å². The molecule has 5 rings (SSSR count). The number of hydrogen-bond acceptors (Lipinski definition) is 5. The summed E-state index contributed by atoms with van der Waals surface area (Å²) >= 11 is 0. The lowest BCUT2D eigenvalue weighted by atomic mass is 9.99. The molecule has 172 valence electrons. The number of ether oxygens (including phenoxy) is 2. The number of carbonyl (C=O) groups excluding carboxylic acids is 2. The fourth-order valence-corrected chi connectivity index (χ4v) is 4.04. The van der Waals surface area contributed by atoms with Crippen molar-refractivity contribution in [2.75, 3.05) is 14.2 Å². The molecule has 6 nitrogen and oxygen atoms in total. The van der Waals surface area contributed by atoms with Crippen LogP contribution in [0.2, 0.25) is 0 Å². The maximum Gasteiger partial charge on any atom is 0.337 e. The molecule has 0 N–H and O–H groups in total. The number of pyridine rings is 1. The molecule has 0 radical (unpaired) electrons. The Bertz CT molecular complexity index is 1520. The highest BCUT2D eigenvalue weighted by atomic mass is 16.5. The predicted octanol–water partition coefficient (Wildman–Crippen LogP) is 5.91. The lowest BCUT2D eigenvalue weighted by Gasteiger charge is -2.10. The molecular weight excluding hydrogens is 440 g/mol. The Morgan fingerprint density at radius 2 is 1.23 bits per heavy atom. The zero-order chi connectivity index (χ0) is 24.4. The highest BCUT2D eigenvalue weighted by Gasteiger charge is 2.14. The third kappa shape index (κ3) is 4.29. The van der Waals surface area contributed by atoms with Gasteiger partial charge >= 0.3 is 11.9 Å². The van der Waals surface area contributed by atoms with Crippen LogP contribution in [0.15, 0.2) is 97.3 Å². The van der Waals surface area contributed by atoms with E-state index in [4.69, 9.17) is 14.5 Å². The molecule has 0 aliphatic heterocycles. The van der Waals surface area contributed by atoms with Gasteiger partial charge in [-0.25, -0.2) is 14.6 Å². The second-order valence-corrected chi connectivity index (χ2v) is 8.00. The molecule has 2 heterocycles. The molecule has 0 amide bonds. The Morgan fingerprint density at radius 3 is 1.80 bits per heavy atom. The minimum Gasteiger partial charge on any atom is -0.465 e. The molecular formula is C29H22N2O4. The van der Waals surface area contributed by atoms with Crippen LogP contribution in [0.4, 0.5) is 0 Å². The van der Waals surface area contributed by atoms with Crippen molar-refractivity contribution in [1.29, 1.82) is 0 Å². The van der Waals surface area contributed by atoms with Crippen LogP contribution >= 0.6 is 0 Å². The maximum atomic E-state index is 11.9. The second kappa shape index (κ2) is 9.27. The SMILES string of the molecule is COC(=O)c1ccc(-c2cc(-c3ccc(C(=O)OC)cc3)c3nc(-c4ccccc4)cn3c2)cc1. The molecule has 5 aromatic rings. The average molecular weight is 463 g/mol. The fourth-order valence-electron chi connectivity index (χ4n) is 4.04. The minimum absolute atomic E-state index is 0.375. The Kier molecular flexibility index (Phi) is 5.85. The predicted molar refractivity (Wildman–Crippen MR) is 134 cm³/mol. The topological polar surface area (TPSA) is 69.9 Å². The van der Waals surface area contributed by atoms with E-state index in [9.17, 15) is 9.59 Å². The van der Waals surface area contributed by atoms with Gasteiger partial charge < -0.3 is 13.9 Å². The van der Waals surface area contributed by atoms with Crippen LogP contribution in [0.25, 0.3) is 39.2 Å². The first-order valence-corrected chi connectivity index (χ1v) is 11.0. The lowest BCUT2D eigenvalue weighted by molar-refractivity contribution is 0.0592. The number of nitrogens with zero attached hydrogens (tertiary/aromatic N) is 2. The maximum absolute atomic E-state index is 11.9. The molecule has 6 heteroatoms. The third-order valence-corrected chi connectivity index (χ3v) is 5.88. The van der Waals surface area contributed by atoms with Crippen molar-refractivity contribution in [3.05, 3.63) is 108 Å². The molecule has 2 aromatic heterocycles. The summed E-state index contributed by atoms with van der Waals surface area (Å²) in [7, 11) is 2.73. The summed E-state index contributed by atoms with van der Waals surface area (Å²) in [6.07, 6.45) is 4.03. The molecule has 0 unspecified atom stereocenters. The number of hydrogen-bond donors (Lipinski definition) is 0. The zero-order valence-electron chi connectivity index (χ0n) is 19.3. The third-order valence-electron chi connectivity index (χ3n) is 5.88. The number of imidazole rings is 1. The molecule has 0 spiro atoms. The quantitative estimate of drug-likeness (QED) is 0.304. The lowest BCUT2D eigenvalue weighted by Crippen LogP contribution is -2.01. The number of esters is 2. The number of aromatic nitrogens is 2. The van der Waals surface area contributed by atoms with Gasteiger partial charge in [-0.05, 0) is 47.0 Å². The summed E-state index contributed by atoms with van der Waals surface area (Å²) in [4.78, 5) is 28.7. The van der Waals surface area contributed by atoms with Gasteiger partial charge in [0.15, 0.2) is 0 Å². The summed E-state index contributed by atoms with van der Waals surface area (Å²) in [6.45, 7) is 0. The number of benzene rings is 3. The standard InChI is InChI=1S/C29H22N2O4/c1-34-28(32)22-12-8-19(9-13-22)24-16-25(20-10-14-23(15-11-20)29(33)35-2)27-30-26(18-31(27)17-24)21-6-4-3-5-7-21/h3-18H,1-2H3. The van der Waals surface area contributed by atoms with Gasteiger partial charge in [0.2, 0.25) is 0 Å². The molecule has 0 saturated heterocycles. The summed E-state index contributed by atoms with van der Waals surface area (Å²) in [5.74, 6) is -0.756. The van der Waals surface area contributed by atoms with Crippen LogP contribution < -0.4 is 0 Å². The van der Waals surface area contributed by atoms with E-state index in [1.807, 2.05) is 71.4 Å². The van der Waals surface area contributed by atoms with Crippen molar-refractivity contribution in [3.63, 3.8) is 0 Å². The monoisotopic (exact) mass is 462 g/mol. The van der Waals surface area contributed by atoms with E-state index in [1.54, 1.807) is 24.3 Å². The van der Waals surface area contributed by atoms with E-state index in [-0.39, 0.29) is 11.9 Å². The molecule has 3 aromatic carbocycles. The van der Waals surface area contributed by atoms with Gasteiger partial charge in [-0.1, -0.05) is 54.6 Å². The van der Waals surface area contributed by atoms with Crippen molar-refractivity contribution in [3.8, 4) is 33.5 Å². The van der Waals surface area contributed by atoms with Crippen molar-refractivity contribution < 1.29 is 19.1 Å². The molecule has 0 saturated carbocycles. The van der Waals surface area contributed by atoms with Gasteiger partial charge in [0.25, 0.3) is 0 Å². The number of fused-ring (bicyclic) bond motifs is 1. The summed E-state index contributed by atoms with van der Waals surface area (Å²) in [5.41, 5.74) is 7.38. The Balaban J connectivity index is 1.66. The van der Waals surface area contributed by atoms with Crippen molar-refractivity contribution in [2.45, 2.75) is 0 Å². The summed E-state index contributed by atoms with van der Waals surface area (Å²) in [6, 6.07) is 26.6. The molecule has 35 heavy (non-hydrogen) atoms. The average Bonchev–Trinajstić information content (AvgIpc) is 3.37. The normalized spacial score (nSPS) is 10.8. The van der Waals surface area contributed by atoms with Crippen LogP contribution in [0.3, 0.4) is 0 Å². The van der Waals surface area contributed by atoms with Crippen molar-refractivity contribution in [2.24, 2.45) is 0 Å². The van der Waals surface area contributed by atoms with Gasteiger partial charge in [-0.2, -0.15) is 0 Å². The first kappa shape index (κ1) is 22.1. The van der Waals surface area contributed by atoms with Gasteiger partial charge in [0, 0.05) is 23.5 Å². The van der Waals surface area contributed by atoms with Crippen LogP contribution in [0.5, 0.6) is 0 Å². The van der Waals surface area contributed by atoms with E-state index >= 15 is 0 Å². The highest BCUT2D eigenvalue weighted by molar-refractivity contribution is 5.92. The van der Waals surface area contributed by atoms with E-state index in [2.05, 4.69) is 6.07 Å². The fraction of sp³-hybridized carbons (Fsp3) is 0.0690.